The lowest BCUT2D eigenvalue weighted by atomic mass is 9.44. The second kappa shape index (κ2) is 8.79. The van der Waals surface area contributed by atoms with Crippen molar-refractivity contribution in [2.75, 3.05) is 0 Å². The fourth-order valence-electron chi connectivity index (χ4n) is 9.55. The monoisotopic (exact) mass is 411 g/mol. The molecule has 0 N–H and O–H groups in total. The molecule has 0 radical (unpaired) electrons. The van der Waals surface area contributed by atoms with Crippen LogP contribution in [-0.4, -0.2) is 6.04 Å². The van der Waals surface area contributed by atoms with Crippen LogP contribution in [0.2, 0.25) is 0 Å². The summed E-state index contributed by atoms with van der Waals surface area (Å²) in [6.45, 7) is 20.3. The molecule has 0 aliphatic heterocycles. The molecule has 4 aliphatic carbocycles. The van der Waals surface area contributed by atoms with Gasteiger partial charge < -0.3 is 4.85 Å². The molecule has 4 rings (SSSR count). The van der Waals surface area contributed by atoms with E-state index in [9.17, 15) is 0 Å². The molecule has 0 aromatic rings. The normalized spacial score (nSPS) is 46.6. The minimum absolute atomic E-state index is 0.334. The van der Waals surface area contributed by atoms with E-state index in [0.717, 1.165) is 41.4 Å². The van der Waals surface area contributed by atoms with Gasteiger partial charge in [-0.2, -0.15) is 0 Å². The Morgan fingerprint density at radius 1 is 0.833 bits per heavy atom. The summed E-state index contributed by atoms with van der Waals surface area (Å²) >= 11 is 0. The molecule has 0 saturated heterocycles. The highest BCUT2D eigenvalue weighted by atomic mass is 14.7. The highest BCUT2D eigenvalue weighted by Gasteiger charge is 2.60. The number of nitrogens with zero attached hydrogens (tertiary/aromatic N) is 1. The van der Waals surface area contributed by atoms with E-state index in [4.69, 9.17) is 6.57 Å². The van der Waals surface area contributed by atoms with E-state index >= 15 is 0 Å². The minimum Gasteiger partial charge on any atom is -0.314 e. The Kier molecular flexibility index (Phi) is 6.64. The Hall–Kier alpha value is -0.510. The van der Waals surface area contributed by atoms with Crippen molar-refractivity contribution in [3.05, 3.63) is 11.4 Å². The number of hydrogen-bond donors (Lipinski definition) is 0. The third kappa shape index (κ3) is 3.88. The first-order valence-electron chi connectivity index (χ1n) is 13.7. The molecular formula is C29H49N. The second-order valence-electron chi connectivity index (χ2n) is 13.1. The fraction of sp³-hybridized carbons (Fsp3) is 0.966. The van der Waals surface area contributed by atoms with E-state index in [1.54, 1.807) is 0 Å². The maximum Gasteiger partial charge on any atom is 0.224 e. The van der Waals surface area contributed by atoms with E-state index in [-0.39, 0.29) is 0 Å². The van der Waals surface area contributed by atoms with Crippen LogP contribution in [0, 0.1) is 58.8 Å². The van der Waals surface area contributed by atoms with E-state index in [1.807, 2.05) is 0 Å². The van der Waals surface area contributed by atoms with E-state index in [2.05, 4.69) is 39.5 Å². The van der Waals surface area contributed by atoms with Gasteiger partial charge >= 0.3 is 0 Å². The average molecular weight is 412 g/mol. The first-order valence-corrected chi connectivity index (χ1v) is 13.7. The highest BCUT2D eigenvalue weighted by molar-refractivity contribution is 5.10. The predicted molar refractivity (Wildman–Crippen MR) is 128 cm³/mol. The van der Waals surface area contributed by atoms with Gasteiger partial charge in [-0.25, -0.2) is 6.57 Å². The molecule has 0 amide bonds. The number of hydrogen-bond acceptors (Lipinski definition) is 0. The zero-order chi connectivity index (χ0) is 21.5. The molecule has 0 aromatic carbocycles. The molecule has 4 saturated carbocycles. The average Bonchev–Trinajstić information content (AvgIpc) is 3.07. The van der Waals surface area contributed by atoms with Crippen molar-refractivity contribution in [3.63, 3.8) is 0 Å². The second-order valence-corrected chi connectivity index (χ2v) is 13.1. The largest absolute Gasteiger partial charge is 0.314 e. The summed E-state index contributed by atoms with van der Waals surface area (Å²) in [6.07, 6.45) is 18.4. The molecule has 1 nitrogen and oxygen atoms in total. The van der Waals surface area contributed by atoms with Gasteiger partial charge in [0.25, 0.3) is 0 Å². The van der Waals surface area contributed by atoms with Gasteiger partial charge in [0.2, 0.25) is 6.04 Å². The van der Waals surface area contributed by atoms with Crippen LogP contribution in [-0.2, 0) is 0 Å². The maximum absolute atomic E-state index is 7.54. The van der Waals surface area contributed by atoms with Gasteiger partial charge in [0.15, 0.2) is 0 Å². The van der Waals surface area contributed by atoms with Crippen LogP contribution in [0.3, 0.4) is 0 Å². The molecule has 170 valence electrons. The van der Waals surface area contributed by atoms with Crippen molar-refractivity contribution in [1.82, 2.24) is 0 Å². The van der Waals surface area contributed by atoms with Crippen LogP contribution in [0.1, 0.15) is 118 Å². The van der Waals surface area contributed by atoms with Gasteiger partial charge in [-0.15, -0.1) is 0 Å². The SMILES string of the molecule is [C-]#[N+][C@@H]1CC[C@@]2(C)C(CC[C@H]3[C@@H]4CC[C@H]([C@H](C)CCCCC(C)C)[C@@]4(C)CC[C@@H]32)C1. The Labute approximate surface area is 188 Å². The number of unbranched alkanes of at least 4 members (excludes halogenated alkanes) is 1. The van der Waals surface area contributed by atoms with E-state index < -0.39 is 0 Å². The summed E-state index contributed by atoms with van der Waals surface area (Å²) in [7, 11) is 0. The van der Waals surface area contributed by atoms with Crippen molar-refractivity contribution in [1.29, 1.82) is 0 Å². The zero-order valence-corrected chi connectivity index (χ0v) is 20.8. The van der Waals surface area contributed by atoms with Crippen molar-refractivity contribution in [2.24, 2.45) is 52.3 Å². The predicted octanol–water partition coefficient (Wildman–Crippen LogP) is 8.79. The number of rotatable bonds is 6. The van der Waals surface area contributed by atoms with Crippen molar-refractivity contribution < 1.29 is 0 Å². The molecule has 1 unspecified atom stereocenters. The van der Waals surface area contributed by atoms with Crippen LogP contribution >= 0.6 is 0 Å². The fourth-order valence-corrected chi connectivity index (χ4v) is 9.55. The van der Waals surface area contributed by atoms with Gasteiger partial charge in [0.1, 0.15) is 0 Å². The topological polar surface area (TPSA) is 4.36 Å². The first-order chi connectivity index (χ1) is 14.3. The van der Waals surface area contributed by atoms with Crippen molar-refractivity contribution in [3.8, 4) is 0 Å². The van der Waals surface area contributed by atoms with Crippen LogP contribution in [0.25, 0.3) is 4.85 Å². The number of fused-ring (bicyclic) bond motifs is 5. The lowest BCUT2D eigenvalue weighted by Crippen LogP contribution is -2.54. The van der Waals surface area contributed by atoms with Gasteiger partial charge in [0.05, 0.1) is 0 Å². The molecule has 4 fully saturated rings. The molecule has 9 atom stereocenters. The third-order valence-corrected chi connectivity index (χ3v) is 11.3. The maximum atomic E-state index is 7.54. The Bertz CT molecular complexity index is 631. The minimum atomic E-state index is 0.334. The van der Waals surface area contributed by atoms with Crippen molar-refractivity contribution in [2.45, 2.75) is 124 Å². The summed E-state index contributed by atoms with van der Waals surface area (Å²) < 4.78 is 0. The summed E-state index contributed by atoms with van der Waals surface area (Å²) in [5.41, 5.74) is 1.17. The van der Waals surface area contributed by atoms with Crippen LogP contribution in [0.5, 0.6) is 0 Å². The summed E-state index contributed by atoms with van der Waals surface area (Å²) in [5, 5.41) is 0. The molecule has 30 heavy (non-hydrogen) atoms. The molecule has 0 spiro atoms. The summed E-state index contributed by atoms with van der Waals surface area (Å²) in [6, 6.07) is 0.334. The molecule has 0 bridgehead atoms. The van der Waals surface area contributed by atoms with Crippen molar-refractivity contribution >= 4 is 0 Å². The highest BCUT2D eigenvalue weighted by Crippen LogP contribution is 2.68. The molecule has 4 aliphatic rings. The van der Waals surface area contributed by atoms with E-state index in [1.165, 1.54) is 83.5 Å². The van der Waals surface area contributed by atoms with Gasteiger partial charge in [-0.05, 0) is 97.2 Å². The van der Waals surface area contributed by atoms with Gasteiger partial charge in [-0.1, -0.05) is 60.3 Å². The zero-order valence-electron chi connectivity index (χ0n) is 20.8. The van der Waals surface area contributed by atoms with Gasteiger partial charge in [0, 0.05) is 12.8 Å². The quantitative estimate of drug-likeness (QED) is 0.304. The first kappa shape index (κ1) is 22.7. The standard InChI is InChI=1S/C29H49N/c1-20(2)9-7-8-10-21(3)25-13-14-26-24-12-11-22-19-23(30-6)15-17-28(22,4)27(24)16-18-29(25,26)5/h20-27H,7-19H2,1-5H3/t21-,22?,23-,24+,25-,26+,27+,28+,29-/m1/s1. The lowest BCUT2D eigenvalue weighted by Gasteiger charge is -2.60. The molecule has 1 heteroatoms. The Balaban J connectivity index is 1.42. The lowest BCUT2D eigenvalue weighted by molar-refractivity contribution is -0.115. The molecule has 0 heterocycles. The summed E-state index contributed by atoms with van der Waals surface area (Å²) in [4.78, 5) is 3.96. The Morgan fingerprint density at radius 2 is 1.53 bits per heavy atom. The Morgan fingerprint density at radius 3 is 2.27 bits per heavy atom. The van der Waals surface area contributed by atoms with E-state index in [0.29, 0.717) is 16.9 Å². The van der Waals surface area contributed by atoms with Crippen LogP contribution in [0.4, 0.5) is 0 Å². The van der Waals surface area contributed by atoms with Crippen LogP contribution < -0.4 is 0 Å². The van der Waals surface area contributed by atoms with Crippen LogP contribution in [0.15, 0.2) is 0 Å². The third-order valence-electron chi connectivity index (χ3n) is 11.3. The van der Waals surface area contributed by atoms with Gasteiger partial charge in [-0.3, -0.25) is 0 Å². The summed E-state index contributed by atoms with van der Waals surface area (Å²) in [5.74, 6) is 6.55. The molecule has 0 aromatic heterocycles. The smallest absolute Gasteiger partial charge is 0.224 e. The molecular weight excluding hydrogens is 362 g/mol.